The van der Waals surface area contributed by atoms with Crippen LogP contribution in [0.2, 0.25) is 0 Å². The van der Waals surface area contributed by atoms with Crippen LogP contribution in [0, 0.1) is 0 Å². The molecule has 0 saturated carbocycles. The summed E-state index contributed by atoms with van der Waals surface area (Å²) < 4.78 is 0. The summed E-state index contributed by atoms with van der Waals surface area (Å²) >= 11 is 0. The van der Waals surface area contributed by atoms with Crippen LogP contribution in [0.3, 0.4) is 0 Å². The average Bonchev–Trinajstić information content (AvgIpc) is 2.60. The largest absolute Gasteiger partial charge is 0.388 e. The first-order valence-electron chi connectivity index (χ1n) is 8.40. The third-order valence-electron chi connectivity index (χ3n) is 4.66. The number of piperidine rings is 1. The van der Waals surface area contributed by atoms with Crippen molar-refractivity contribution in [1.29, 1.82) is 0 Å². The van der Waals surface area contributed by atoms with Gasteiger partial charge in [-0.05, 0) is 49.9 Å². The molecule has 1 heterocycles. The zero-order chi connectivity index (χ0) is 16.9. The summed E-state index contributed by atoms with van der Waals surface area (Å²) in [5.74, 6) is -0.0637. The van der Waals surface area contributed by atoms with Crippen LogP contribution >= 0.6 is 0 Å². The van der Waals surface area contributed by atoms with Gasteiger partial charge in [-0.3, -0.25) is 9.59 Å². The van der Waals surface area contributed by atoms with Crippen LogP contribution in [0.15, 0.2) is 24.3 Å². The summed E-state index contributed by atoms with van der Waals surface area (Å²) in [6.45, 7) is 4.79. The summed E-state index contributed by atoms with van der Waals surface area (Å²) in [7, 11) is 0. The molecule has 0 aliphatic carbocycles. The Labute approximate surface area is 137 Å². The van der Waals surface area contributed by atoms with E-state index in [0.29, 0.717) is 24.8 Å². The maximum atomic E-state index is 12.2. The fourth-order valence-electron chi connectivity index (χ4n) is 2.72. The van der Waals surface area contributed by atoms with E-state index in [1.54, 1.807) is 17.0 Å². The zero-order valence-electron chi connectivity index (χ0n) is 14.0. The van der Waals surface area contributed by atoms with E-state index in [2.05, 4.69) is 5.32 Å². The average molecular weight is 318 g/mol. The molecule has 23 heavy (non-hydrogen) atoms. The number of carbonyl (C=O) groups is 2. The number of carbonyl (C=O) groups excluding carboxylic acids is 2. The number of nitrogens with zero attached hydrogens (tertiary/aromatic N) is 1. The van der Waals surface area contributed by atoms with Crippen molar-refractivity contribution < 1.29 is 14.7 Å². The lowest BCUT2D eigenvalue weighted by atomic mass is 9.97. The molecule has 1 aromatic rings. The molecule has 5 heteroatoms. The van der Waals surface area contributed by atoms with E-state index in [0.717, 1.165) is 25.1 Å². The van der Waals surface area contributed by atoms with Crippen LogP contribution in [0.25, 0.3) is 0 Å². The highest BCUT2D eigenvalue weighted by Crippen LogP contribution is 2.21. The Balaban J connectivity index is 1.99. The predicted octanol–water partition coefficient (Wildman–Crippen LogP) is 2.48. The molecular formula is C18H26N2O3. The number of hydrogen-bond acceptors (Lipinski definition) is 3. The quantitative estimate of drug-likeness (QED) is 0.846. The number of anilines is 1. The Kier molecular flexibility index (Phi) is 5.77. The lowest BCUT2D eigenvalue weighted by Gasteiger charge is -2.27. The molecule has 2 N–H and O–H groups in total. The number of aliphatic hydroxyl groups is 1. The minimum Gasteiger partial charge on any atom is -0.388 e. The van der Waals surface area contributed by atoms with Gasteiger partial charge in [0.15, 0.2) is 0 Å². The predicted molar refractivity (Wildman–Crippen MR) is 90.5 cm³/mol. The number of nitrogens with one attached hydrogen (secondary N) is 1. The van der Waals surface area contributed by atoms with Gasteiger partial charge in [0.05, 0.1) is 5.60 Å². The standard InChI is InChI=1S/C18H26N2O3/c1-3-18(23,4-2)13-19-17(22)14-8-10-15(11-9-14)20-12-6-5-7-16(20)21/h8-11,23H,3-7,12-13H2,1-2H3,(H,19,22). The smallest absolute Gasteiger partial charge is 0.251 e. The van der Waals surface area contributed by atoms with Crippen LogP contribution in [-0.2, 0) is 4.79 Å². The molecule has 0 spiro atoms. The topological polar surface area (TPSA) is 69.6 Å². The molecule has 1 aliphatic heterocycles. The molecular weight excluding hydrogens is 292 g/mol. The second-order valence-electron chi connectivity index (χ2n) is 6.16. The van der Waals surface area contributed by atoms with Crippen LogP contribution in [0.4, 0.5) is 5.69 Å². The van der Waals surface area contributed by atoms with E-state index < -0.39 is 5.60 Å². The van der Waals surface area contributed by atoms with E-state index in [1.807, 2.05) is 26.0 Å². The van der Waals surface area contributed by atoms with Crippen LogP contribution in [0.5, 0.6) is 0 Å². The molecule has 0 aromatic heterocycles. The van der Waals surface area contributed by atoms with Gasteiger partial charge < -0.3 is 15.3 Å². The van der Waals surface area contributed by atoms with Gasteiger partial charge >= 0.3 is 0 Å². The van der Waals surface area contributed by atoms with Crippen molar-refractivity contribution in [3.63, 3.8) is 0 Å². The Morgan fingerprint density at radius 3 is 2.43 bits per heavy atom. The maximum Gasteiger partial charge on any atom is 0.251 e. The monoisotopic (exact) mass is 318 g/mol. The Hall–Kier alpha value is -1.88. The van der Waals surface area contributed by atoms with Gasteiger partial charge in [-0.1, -0.05) is 13.8 Å². The lowest BCUT2D eigenvalue weighted by Crippen LogP contribution is -2.42. The molecule has 1 fully saturated rings. The highest BCUT2D eigenvalue weighted by Gasteiger charge is 2.23. The molecule has 1 aromatic carbocycles. The second-order valence-corrected chi connectivity index (χ2v) is 6.16. The van der Waals surface area contributed by atoms with Crippen molar-refractivity contribution in [2.45, 2.75) is 51.6 Å². The van der Waals surface area contributed by atoms with E-state index in [1.165, 1.54) is 0 Å². The lowest BCUT2D eigenvalue weighted by molar-refractivity contribution is -0.119. The highest BCUT2D eigenvalue weighted by molar-refractivity contribution is 5.96. The summed E-state index contributed by atoms with van der Waals surface area (Å²) in [5, 5.41) is 13.0. The molecule has 0 bridgehead atoms. The Bertz CT molecular complexity index is 550. The fraction of sp³-hybridized carbons (Fsp3) is 0.556. The van der Waals surface area contributed by atoms with Gasteiger partial charge in [0.25, 0.3) is 5.91 Å². The Morgan fingerprint density at radius 1 is 1.22 bits per heavy atom. The number of rotatable bonds is 6. The molecule has 2 rings (SSSR count). The summed E-state index contributed by atoms with van der Waals surface area (Å²) in [5.41, 5.74) is 0.521. The molecule has 1 saturated heterocycles. The molecule has 0 radical (unpaired) electrons. The van der Waals surface area contributed by atoms with Crippen molar-refractivity contribution in [2.75, 3.05) is 18.0 Å². The molecule has 5 nitrogen and oxygen atoms in total. The fourth-order valence-corrected chi connectivity index (χ4v) is 2.72. The van der Waals surface area contributed by atoms with E-state index in [9.17, 15) is 14.7 Å². The number of benzene rings is 1. The molecule has 2 amide bonds. The van der Waals surface area contributed by atoms with Gasteiger partial charge in [0.2, 0.25) is 5.91 Å². The molecule has 1 aliphatic rings. The van der Waals surface area contributed by atoms with Crippen LogP contribution < -0.4 is 10.2 Å². The van der Waals surface area contributed by atoms with Gasteiger partial charge in [-0.25, -0.2) is 0 Å². The van der Waals surface area contributed by atoms with Crippen molar-refractivity contribution in [3.05, 3.63) is 29.8 Å². The van der Waals surface area contributed by atoms with Crippen molar-refractivity contribution >= 4 is 17.5 Å². The van der Waals surface area contributed by atoms with Gasteiger partial charge in [-0.2, -0.15) is 0 Å². The van der Waals surface area contributed by atoms with Gasteiger partial charge in [0, 0.05) is 30.8 Å². The highest BCUT2D eigenvalue weighted by atomic mass is 16.3. The van der Waals surface area contributed by atoms with E-state index in [-0.39, 0.29) is 18.4 Å². The molecule has 0 unspecified atom stereocenters. The van der Waals surface area contributed by atoms with Crippen molar-refractivity contribution in [3.8, 4) is 0 Å². The zero-order valence-corrected chi connectivity index (χ0v) is 14.0. The summed E-state index contributed by atoms with van der Waals surface area (Å²) in [6, 6.07) is 7.07. The van der Waals surface area contributed by atoms with Crippen molar-refractivity contribution in [2.24, 2.45) is 0 Å². The normalized spacial score (nSPS) is 15.6. The summed E-state index contributed by atoms with van der Waals surface area (Å²) in [4.78, 5) is 25.9. The molecule has 0 atom stereocenters. The maximum absolute atomic E-state index is 12.2. The second kappa shape index (κ2) is 7.59. The third-order valence-corrected chi connectivity index (χ3v) is 4.66. The van der Waals surface area contributed by atoms with Gasteiger partial charge in [0.1, 0.15) is 0 Å². The first-order valence-corrected chi connectivity index (χ1v) is 8.40. The first-order chi connectivity index (χ1) is 11.0. The van der Waals surface area contributed by atoms with Gasteiger partial charge in [-0.15, -0.1) is 0 Å². The third kappa shape index (κ3) is 4.32. The number of hydrogen-bond donors (Lipinski definition) is 2. The number of amides is 2. The van der Waals surface area contributed by atoms with E-state index >= 15 is 0 Å². The molecule has 126 valence electrons. The van der Waals surface area contributed by atoms with Crippen molar-refractivity contribution in [1.82, 2.24) is 5.32 Å². The SMILES string of the molecule is CCC(O)(CC)CNC(=O)c1ccc(N2CCCCC2=O)cc1. The first kappa shape index (κ1) is 17.5. The minimum atomic E-state index is -0.851. The van der Waals surface area contributed by atoms with Crippen LogP contribution in [-0.4, -0.2) is 35.6 Å². The van der Waals surface area contributed by atoms with E-state index in [4.69, 9.17) is 0 Å². The Morgan fingerprint density at radius 2 is 1.87 bits per heavy atom. The summed E-state index contributed by atoms with van der Waals surface area (Å²) in [6.07, 6.45) is 3.75. The minimum absolute atomic E-state index is 0.143. The van der Waals surface area contributed by atoms with Crippen LogP contribution in [0.1, 0.15) is 56.3 Å².